The van der Waals surface area contributed by atoms with E-state index in [1.54, 1.807) is 12.4 Å². The summed E-state index contributed by atoms with van der Waals surface area (Å²) in [5.41, 5.74) is 1.62. The van der Waals surface area contributed by atoms with Crippen molar-refractivity contribution < 1.29 is 4.79 Å². The minimum atomic E-state index is 0.121. The van der Waals surface area contributed by atoms with Crippen LogP contribution < -0.4 is 5.32 Å². The average molecular weight is 289 g/mol. The van der Waals surface area contributed by atoms with Crippen LogP contribution in [0.4, 0.5) is 5.69 Å². The van der Waals surface area contributed by atoms with Crippen LogP contribution in [0.25, 0.3) is 0 Å². The van der Waals surface area contributed by atoms with E-state index in [9.17, 15) is 4.79 Å². The van der Waals surface area contributed by atoms with Crippen LogP contribution in [0, 0.1) is 0 Å². The number of carbonyl (C=O) groups excluding carboxylic acids is 1. The number of rotatable bonds is 6. The highest BCUT2D eigenvalue weighted by atomic mass is 16.2. The summed E-state index contributed by atoms with van der Waals surface area (Å²) in [5, 5.41) is 3.34. The van der Waals surface area contributed by atoms with Crippen molar-refractivity contribution in [2.75, 3.05) is 18.4 Å². The molecule has 0 aromatic carbocycles. The van der Waals surface area contributed by atoms with Crippen LogP contribution in [-0.2, 0) is 0 Å². The predicted molar refractivity (Wildman–Crippen MR) is 86.6 cm³/mol. The van der Waals surface area contributed by atoms with Gasteiger partial charge in [0.2, 0.25) is 0 Å². The molecule has 1 aromatic rings. The van der Waals surface area contributed by atoms with Gasteiger partial charge >= 0.3 is 0 Å². The van der Waals surface area contributed by atoms with Gasteiger partial charge in [0, 0.05) is 31.5 Å². The third-order valence-corrected chi connectivity index (χ3v) is 4.23. The van der Waals surface area contributed by atoms with Gasteiger partial charge in [-0.2, -0.15) is 0 Å². The summed E-state index contributed by atoms with van der Waals surface area (Å²) in [4.78, 5) is 19.1. The van der Waals surface area contributed by atoms with Crippen molar-refractivity contribution in [3.63, 3.8) is 0 Å². The molecule has 21 heavy (non-hydrogen) atoms. The number of amides is 1. The SMILES string of the molecule is CCCNc1ccncc1C(=O)N(CC)C1CCCCC1. The van der Waals surface area contributed by atoms with Gasteiger partial charge in [-0.15, -0.1) is 0 Å². The van der Waals surface area contributed by atoms with Gasteiger partial charge in [0.1, 0.15) is 0 Å². The summed E-state index contributed by atoms with van der Waals surface area (Å²) >= 11 is 0. The van der Waals surface area contributed by atoms with Crippen molar-refractivity contribution in [2.24, 2.45) is 0 Å². The Bertz CT molecular complexity index is 455. The number of nitrogens with one attached hydrogen (secondary N) is 1. The van der Waals surface area contributed by atoms with E-state index < -0.39 is 0 Å². The summed E-state index contributed by atoms with van der Waals surface area (Å²) in [6.45, 7) is 5.84. The normalized spacial score (nSPS) is 15.7. The largest absolute Gasteiger partial charge is 0.384 e. The molecule has 2 rings (SSSR count). The van der Waals surface area contributed by atoms with E-state index in [-0.39, 0.29) is 5.91 Å². The van der Waals surface area contributed by atoms with Crippen molar-refractivity contribution in [1.82, 2.24) is 9.88 Å². The molecule has 1 fully saturated rings. The number of pyridine rings is 1. The van der Waals surface area contributed by atoms with Crippen LogP contribution >= 0.6 is 0 Å². The maximum atomic E-state index is 12.9. The Kier molecular flexibility index (Phi) is 6.03. The highest BCUT2D eigenvalue weighted by Crippen LogP contribution is 2.25. The Balaban J connectivity index is 2.16. The lowest BCUT2D eigenvalue weighted by atomic mass is 9.93. The van der Waals surface area contributed by atoms with Crippen LogP contribution in [-0.4, -0.2) is 34.9 Å². The molecule has 1 heterocycles. The zero-order valence-electron chi connectivity index (χ0n) is 13.3. The minimum absolute atomic E-state index is 0.121. The van der Waals surface area contributed by atoms with Gasteiger partial charge < -0.3 is 10.2 Å². The molecule has 116 valence electrons. The van der Waals surface area contributed by atoms with Gasteiger partial charge in [-0.25, -0.2) is 0 Å². The number of aromatic nitrogens is 1. The zero-order valence-corrected chi connectivity index (χ0v) is 13.3. The number of nitrogens with zero attached hydrogens (tertiary/aromatic N) is 2. The lowest BCUT2D eigenvalue weighted by molar-refractivity contribution is 0.0648. The maximum absolute atomic E-state index is 12.9. The Labute approximate surface area is 127 Å². The smallest absolute Gasteiger partial charge is 0.257 e. The fraction of sp³-hybridized carbons (Fsp3) is 0.647. The molecule has 0 radical (unpaired) electrons. The van der Waals surface area contributed by atoms with E-state index in [0.29, 0.717) is 11.6 Å². The third kappa shape index (κ3) is 3.96. The Morgan fingerprint density at radius 3 is 2.76 bits per heavy atom. The molecule has 0 bridgehead atoms. The first kappa shape index (κ1) is 15.8. The molecule has 0 aliphatic heterocycles. The molecule has 1 aliphatic carbocycles. The van der Waals surface area contributed by atoms with E-state index >= 15 is 0 Å². The quantitative estimate of drug-likeness (QED) is 0.868. The molecule has 1 saturated carbocycles. The number of hydrogen-bond acceptors (Lipinski definition) is 3. The van der Waals surface area contributed by atoms with Crippen molar-refractivity contribution in [2.45, 2.75) is 58.4 Å². The molecule has 0 unspecified atom stereocenters. The van der Waals surface area contributed by atoms with Crippen LogP contribution in [0.5, 0.6) is 0 Å². The number of carbonyl (C=O) groups is 1. The molecule has 0 atom stereocenters. The first-order valence-corrected chi connectivity index (χ1v) is 8.26. The standard InChI is InChI=1S/C17H27N3O/c1-3-11-19-16-10-12-18-13-15(16)17(21)20(4-2)14-8-6-5-7-9-14/h10,12-14H,3-9,11H2,1-2H3,(H,18,19). The Morgan fingerprint density at radius 2 is 2.10 bits per heavy atom. The highest BCUT2D eigenvalue weighted by Gasteiger charge is 2.26. The molecule has 0 saturated heterocycles. The van der Waals surface area contributed by atoms with E-state index in [2.05, 4.69) is 24.1 Å². The molecule has 1 aromatic heterocycles. The van der Waals surface area contributed by atoms with E-state index in [0.717, 1.165) is 38.0 Å². The van der Waals surface area contributed by atoms with E-state index in [4.69, 9.17) is 0 Å². The molecule has 0 spiro atoms. The van der Waals surface area contributed by atoms with Crippen molar-refractivity contribution in [3.05, 3.63) is 24.0 Å². The number of hydrogen-bond donors (Lipinski definition) is 1. The summed E-state index contributed by atoms with van der Waals surface area (Å²) < 4.78 is 0. The third-order valence-electron chi connectivity index (χ3n) is 4.23. The summed E-state index contributed by atoms with van der Waals surface area (Å²) in [6.07, 6.45) is 10.5. The van der Waals surface area contributed by atoms with E-state index in [1.165, 1.54) is 19.3 Å². The molecular formula is C17H27N3O. The van der Waals surface area contributed by atoms with Gasteiger partial charge in [0.05, 0.1) is 11.3 Å². The summed E-state index contributed by atoms with van der Waals surface area (Å²) in [7, 11) is 0. The number of anilines is 1. The molecule has 4 heteroatoms. The van der Waals surface area contributed by atoms with Gasteiger partial charge in [-0.3, -0.25) is 9.78 Å². The molecule has 1 aliphatic rings. The van der Waals surface area contributed by atoms with Crippen LogP contribution in [0.15, 0.2) is 18.5 Å². The van der Waals surface area contributed by atoms with Gasteiger partial charge in [-0.05, 0) is 32.3 Å². The van der Waals surface area contributed by atoms with Crippen molar-refractivity contribution in [3.8, 4) is 0 Å². The summed E-state index contributed by atoms with van der Waals surface area (Å²) in [5.74, 6) is 0.121. The zero-order chi connectivity index (χ0) is 15.1. The monoisotopic (exact) mass is 289 g/mol. The van der Waals surface area contributed by atoms with Crippen molar-refractivity contribution in [1.29, 1.82) is 0 Å². The van der Waals surface area contributed by atoms with Gasteiger partial charge in [0.15, 0.2) is 0 Å². The lowest BCUT2D eigenvalue weighted by Crippen LogP contribution is -2.41. The second-order valence-electron chi connectivity index (χ2n) is 5.73. The fourth-order valence-corrected chi connectivity index (χ4v) is 3.09. The second-order valence-corrected chi connectivity index (χ2v) is 5.73. The topological polar surface area (TPSA) is 45.2 Å². The Hall–Kier alpha value is -1.58. The van der Waals surface area contributed by atoms with Gasteiger partial charge in [0.25, 0.3) is 5.91 Å². The van der Waals surface area contributed by atoms with E-state index in [1.807, 2.05) is 11.0 Å². The highest BCUT2D eigenvalue weighted by molar-refractivity contribution is 5.99. The molecular weight excluding hydrogens is 262 g/mol. The van der Waals surface area contributed by atoms with Crippen molar-refractivity contribution >= 4 is 11.6 Å². The second kappa shape index (κ2) is 8.01. The summed E-state index contributed by atoms with van der Waals surface area (Å²) in [6, 6.07) is 2.30. The molecule has 4 nitrogen and oxygen atoms in total. The predicted octanol–water partition coefficient (Wildman–Crippen LogP) is 3.70. The lowest BCUT2D eigenvalue weighted by Gasteiger charge is -2.34. The molecule has 1 amide bonds. The van der Waals surface area contributed by atoms with Crippen LogP contribution in [0.3, 0.4) is 0 Å². The first-order chi connectivity index (χ1) is 10.3. The van der Waals surface area contributed by atoms with Gasteiger partial charge in [-0.1, -0.05) is 26.2 Å². The van der Waals surface area contributed by atoms with Crippen LogP contribution in [0.1, 0.15) is 62.7 Å². The first-order valence-electron chi connectivity index (χ1n) is 8.26. The fourth-order valence-electron chi connectivity index (χ4n) is 3.09. The average Bonchev–Trinajstić information content (AvgIpc) is 2.55. The Morgan fingerprint density at radius 1 is 1.33 bits per heavy atom. The van der Waals surface area contributed by atoms with Crippen LogP contribution in [0.2, 0.25) is 0 Å². The maximum Gasteiger partial charge on any atom is 0.257 e. The molecule has 1 N–H and O–H groups in total. The minimum Gasteiger partial charge on any atom is -0.384 e.